The fraction of sp³-hybridized carbons (Fsp3) is 0.250. The van der Waals surface area contributed by atoms with E-state index in [4.69, 9.17) is 4.42 Å². The maximum Gasteiger partial charge on any atom is 0.289 e. The Labute approximate surface area is 141 Å². The first-order valence-corrected chi connectivity index (χ1v) is 7.65. The van der Waals surface area contributed by atoms with Crippen LogP contribution in [0.25, 0.3) is 0 Å². The zero-order valence-electron chi connectivity index (χ0n) is 12.8. The summed E-state index contributed by atoms with van der Waals surface area (Å²) in [6.45, 7) is 0.174. The van der Waals surface area contributed by atoms with Crippen LogP contribution in [0.5, 0.6) is 0 Å². The average Bonchev–Trinajstić information content (AvgIpc) is 2.92. The van der Waals surface area contributed by atoms with Gasteiger partial charge in [0.25, 0.3) is 5.91 Å². The normalized spacial score (nSPS) is 10.4. The van der Waals surface area contributed by atoms with E-state index >= 15 is 0 Å². The van der Waals surface area contributed by atoms with Crippen LogP contribution in [0.15, 0.2) is 45.5 Å². The van der Waals surface area contributed by atoms with Gasteiger partial charge in [0.05, 0.1) is 6.54 Å². The van der Waals surface area contributed by atoms with Crippen LogP contribution < -0.4 is 0 Å². The number of carbonyl (C=O) groups excluding carboxylic acids is 2. The van der Waals surface area contributed by atoms with Gasteiger partial charge in [0.1, 0.15) is 5.82 Å². The molecule has 2 amide bonds. The molecule has 0 radical (unpaired) electrons. The first kappa shape index (κ1) is 17.2. The maximum atomic E-state index is 13.2. The zero-order valence-corrected chi connectivity index (χ0v) is 14.3. The molecule has 0 aliphatic carbocycles. The summed E-state index contributed by atoms with van der Waals surface area (Å²) in [7, 11) is 3.13. The lowest BCUT2D eigenvalue weighted by Crippen LogP contribution is -2.39. The van der Waals surface area contributed by atoms with Gasteiger partial charge in [0, 0.05) is 20.6 Å². The average molecular weight is 383 g/mol. The molecule has 0 unspecified atom stereocenters. The summed E-state index contributed by atoms with van der Waals surface area (Å²) < 4.78 is 18.8. The van der Waals surface area contributed by atoms with Crippen molar-refractivity contribution in [2.75, 3.05) is 20.6 Å². The monoisotopic (exact) mass is 382 g/mol. The number of hydrogen-bond acceptors (Lipinski definition) is 3. The van der Waals surface area contributed by atoms with E-state index in [-0.39, 0.29) is 36.5 Å². The maximum absolute atomic E-state index is 13.2. The number of amides is 2. The number of halogens is 2. The van der Waals surface area contributed by atoms with E-state index in [1.165, 1.54) is 35.0 Å². The van der Waals surface area contributed by atoms with Crippen LogP contribution in [0, 0.1) is 5.82 Å². The molecule has 1 aromatic heterocycles. The lowest BCUT2D eigenvalue weighted by Gasteiger charge is -2.21. The molecule has 0 aliphatic rings. The highest BCUT2D eigenvalue weighted by Crippen LogP contribution is 2.15. The Morgan fingerprint density at radius 2 is 1.91 bits per heavy atom. The molecule has 0 bridgehead atoms. The van der Waals surface area contributed by atoms with Gasteiger partial charge in [-0.3, -0.25) is 9.59 Å². The molecule has 2 aromatic rings. The molecule has 5 nitrogen and oxygen atoms in total. The molecule has 2 rings (SSSR count). The molecule has 0 saturated heterocycles. The molecule has 0 saturated carbocycles. The molecule has 0 fully saturated rings. The zero-order chi connectivity index (χ0) is 17.0. The SMILES string of the molecule is CN(Cc1cccc(F)c1)C(=O)CN(C)C(=O)c1ccc(Br)o1. The van der Waals surface area contributed by atoms with E-state index in [0.29, 0.717) is 10.2 Å². The Morgan fingerprint density at radius 1 is 1.17 bits per heavy atom. The Kier molecular flexibility index (Phi) is 5.54. The summed E-state index contributed by atoms with van der Waals surface area (Å²) in [5.74, 6) is -0.835. The summed E-state index contributed by atoms with van der Waals surface area (Å²) in [4.78, 5) is 27.0. The van der Waals surface area contributed by atoms with Crippen LogP contribution in [0.3, 0.4) is 0 Å². The molecule has 0 spiro atoms. The number of carbonyl (C=O) groups is 2. The van der Waals surface area contributed by atoms with Crippen molar-refractivity contribution in [3.05, 3.63) is 58.2 Å². The summed E-state index contributed by atoms with van der Waals surface area (Å²) >= 11 is 3.12. The van der Waals surface area contributed by atoms with Gasteiger partial charge in [0.15, 0.2) is 10.4 Å². The number of hydrogen-bond donors (Lipinski definition) is 0. The van der Waals surface area contributed by atoms with Gasteiger partial charge in [0.2, 0.25) is 5.91 Å². The molecule has 23 heavy (non-hydrogen) atoms. The second-order valence-electron chi connectivity index (χ2n) is 5.14. The van der Waals surface area contributed by atoms with Gasteiger partial charge in [-0.25, -0.2) is 4.39 Å². The Bertz CT molecular complexity index is 717. The summed E-state index contributed by atoms with van der Waals surface area (Å²) in [6, 6.07) is 9.19. The minimum Gasteiger partial charge on any atom is -0.444 e. The van der Waals surface area contributed by atoms with E-state index in [0.717, 1.165) is 0 Å². The fourth-order valence-corrected chi connectivity index (χ4v) is 2.32. The first-order valence-electron chi connectivity index (χ1n) is 6.86. The summed E-state index contributed by atoms with van der Waals surface area (Å²) in [6.07, 6.45) is 0. The highest BCUT2D eigenvalue weighted by Gasteiger charge is 2.20. The minimum absolute atomic E-state index is 0.0943. The lowest BCUT2D eigenvalue weighted by molar-refractivity contribution is -0.130. The fourth-order valence-electron chi connectivity index (χ4n) is 2.01. The Morgan fingerprint density at radius 3 is 2.52 bits per heavy atom. The molecular formula is C16H16BrFN2O3. The van der Waals surface area contributed by atoms with Crippen LogP contribution in [0.1, 0.15) is 16.1 Å². The third kappa shape index (κ3) is 4.66. The van der Waals surface area contributed by atoms with Crippen LogP contribution in [-0.2, 0) is 11.3 Å². The van der Waals surface area contributed by atoms with Crippen LogP contribution in [0.4, 0.5) is 4.39 Å². The smallest absolute Gasteiger partial charge is 0.289 e. The van der Waals surface area contributed by atoms with E-state index in [9.17, 15) is 14.0 Å². The Hall–Kier alpha value is -2.15. The van der Waals surface area contributed by atoms with Crippen LogP contribution in [-0.4, -0.2) is 42.3 Å². The van der Waals surface area contributed by atoms with Crippen molar-refractivity contribution in [1.29, 1.82) is 0 Å². The van der Waals surface area contributed by atoms with Gasteiger partial charge < -0.3 is 14.2 Å². The molecular weight excluding hydrogens is 367 g/mol. The largest absolute Gasteiger partial charge is 0.444 e. The molecule has 1 aromatic carbocycles. The molecule has 1 heterocycles. The molecule has 122 valence electrons. The second kappa shape index (κ2) is 7.41. The van der Waals surface area contributed by atoms with Crippen molar-refractivity contribution in [2.45, 2.75) is 6.54 Å². The number of rotatable bonds is 5. The number of benzene rings is 1. The van der Waals surface area contributed by atoms with Crippen molar-refractivity contribution >= 4 is 27.7 Å². The van der Waals surface area contributed by atoms with Gasteiger partial charge in [-0.05, 0) is 45.8 Å². The topological polar surface area (TPSA) is 53.8 Å². The summed E-state index contributed by atoms with van der Waals surface area (Å²) in [5, 5.41) is 0. The second-order valence-corrected chi connectivity index (χ2v) is 5.93. The highest BCUT2D eigenvalue weighted by molar-refractivity contribution is 9.10. The van der Waals surface area contributed by atoms with Crippen molar-refractivity contribution in [2.24, 2.45) is 0 Å². The van der Waals surface area contributed by atoms with Crippen LogP contribution in [0.2, 0.25) is 0 Å². The van der Waals surface area contributed by atoms with Crippen molar-refractivity contribution < 1.29 is 18.4 Å². The number of furan rings is 1. The van der Waals surface area contributed by atoms with Gasteiger partial charge in [-0.1, -0.05) is 12.1 Å². The first-order chi connectivity index (χ1) is 10.9. The van der Waals surface area contributed by atoms with E-state index < -0.39 is 0 Å². The lowest BCUT2D eigenvalue weighted by atomic mass is 10.2. The number of likely N-dealkylation sites (N-methyl/N-ethyl adjacent to an activating group) is 2. The predicted octanol–water partition coefficient (Wildman–Crippen LogP) is 2.91. The quantitative estimate of drug-likeness (QED) is 0.798. The number of nitrogens with zero attached hydrogens (tertiary/aromatic N) is 2. The van der Waals surface area contributed by atoms with E-state index in [1.54, 1.807) is 25.2 Å². The Balaban J connectivity index is 1.93. The third-order valence-electron chi connectivity index (χ3n) is 3.24. The highest BCUT2D eigenvalue weighted by atomic mass is 79.9. The molecule has 0 aliphatic heterocycles. The summed E-state index contributed by atoms with van der Waals surface area (Å²) in [5.41, 5.74) is 0.685. The van der Waals surface area contributed by atoms with Gasteiger partial charge >= 0.3 is 0 Å². The standard InChI is InChI=1S/C16H16BrFN2O3/c1-19(9-11-4-3-5-12(18)8-11)15(21)10-20(2)16(22)13-6-7-14(17)23-13/h3-8H,9-10H2,1-2H3. The van der Waals surface area contributed by atoms with Crippen molar-refractivity contribution in [3.8, 4) is 0 Å². The van der Waals surface area contributed by atoms with E-state index in [1.807, 2.05) is 0 Å². The van der Waals surface area contributed by atoms with Crippen LogP contribution >= 0.6 is 15.9 Å². The molecule has 7 heteroatoms. The minimum atomic E-state index is -0.386. The van der Waals surface area contributed by atoms with Gasteiger partial charge in [-0.15, -0.1) is 0 Å². The van der Waals surface area contributed by atoms with E-state index in [2.05, 4.69) is 15.9 Å². The van der Waals surface area contributed by atoms with Gasteiger partial charge in [-0.2, -0.15) is 0 Å². The predicted molar refractivity (Wildman–Crippen MR) is 86.2 cm³/mol. The van der Waals surface area contributed by atoms with Crippen molar-refractivity contribution in [3.63, 3.8) is 0 Å². The van der Waals surface area contributed by atoms with Crippen molar-refractivity contribution in [1.82, 2.24) is 9.80 Å². The third-order valence-corrected chi connectivity index (χ3v) is 3.66. The molecule has 0 atom stereocenters. The molecule has 0 N–H and O–H groups in total.